The number of hydrogen-bond donors (Lipinski definition) is 1. The van der Waals surface area contributed by atoms with Gasteiger partial charge in [0.15, 0.2) is 0 Å². The van der Waals surface area contributed by atoms with Gasteiger partial charge in [-0.05, 0) is 13.0 Å². The number of methoxy groups -OCH3 is 2. The summed E-state index contributed by atoms with van der Waals surface area (Å²) in [5.74, 6) is 0.851. The molecule has 20 heavy (non-hydrogen) atoms. The highest BCUT2D eigenvalue weighted by molar-refractivity contribution is 6.01. The van der Waals surface area contributed by atoms with Crippen molar-refractivity contribution in [1.29, 1.82) is 0 Å². The zero-order valence-electron chi connectivity index (χ0n) is 12.0. The summed E-state index contributed by atoms with van der Waals surface area (Å²) in [4.78, 5) is 14.4. The van der Waals surface area contributed by atoms with E-state index in [1.165, 1.54) is 14.2 Å². The van der Waals surface area contributed by atoms with Crippen LogP contribution in [0.1, 0.15) is 17.3 Å². The third kappa shape index (κ3) is 2.65. The smallest absolute Gasteiger partial charge is 0.256 e. The van der Waals surface area contributed by atoms with Crippen LogP contribution < -0.4 is 15.2 Å². The molecule has 0 unspecified atom stereocenters. The van der Waals surface area contributed by atoms with E-state index in [-0.39, 0.29) is 11.9 Å². The van der Waals surface area contributed by atoms with Crippen molar-refractivity contribution < 1.29 is 19.0 Å². The maximum atomic E-state index is 12.6. The number of rotatable bonds is 3. The van der Waals surface area contributed by atoms with Crippen molar-refractivity contribution in [3.8, 4) is 11.5 Å². The fourth-order valence-electron chi connectivity index (χ4n) is 2.25. The van der Waals surface area contributed by atoms with Crippen molar-refractivity contribution in [3.05, 3.63) is 17.7 Å². The average Bonchev–Trinajstić information content (AvgIpc) is 2.47. The Bertz CT molecular complexity index is 504. The van der Waals surface area contributed by atoms with Gasteiger partial charge in [-0.25, -0.2) is 0 Å². The average molecular weight is 280 g/mol. The maximum Gasteiger partial charge on any atom is 0.256 e. The first-order valence-corrected chi connectivity index (χ1v) is 6.48. The first kappa shape index (κ1) is 14.5. The number of anilines is 1. The molecular formula is C14H20N2O4. The standard InChI is InChI=1S/C14H20N2O4/c1-9-8-20-5-4-16(9)14(17)11-6-10(18-2)7-12(19-3)13(11)15/h6-7,9H,4-5,8,15H2,1-3H3/t9-/m1/s1. The minimum atomic E-state index is -0.129. The fraction of sp³-hybridized carbons (Fsp3) is 0.500. The number of nitrogens with zero attached hydrogens (tertiary/aromatic N) is 1. The Morgan fingerprint density at radius 1 is 1.40 bits per heavy atom. The summed E-state index contributed by atoms with van der Waals surface area (Å²) in [7, 11) is 3.05. The van der Waals surface area contributed by atoms with E-state index in [1.54, 1.807) is 17.0 Å². The van der Waals surface area contributed by atoms with Crippen LogP contribution in [0.4, 0.5) is 5.69 Å². The highest BCUT2D eigenvalue weighted by Gasteiger charge is 2.27. The van der Waals surface area contributed by atoms with Gasteiger partial charge in [0.25, 0.3) is 5.91 Å². The first-order valence-electron chi connectivity index (χ1n) is 6.48. The van der Waals surface area contributed by atoms with Crippen molar-refractivity contribution in [3.63, 3.8) is 0 Å². The van der Waals surface area contributed by atoms with Crippen molar-refractivity contribution in [2.24, 2.45) is 0 Å². The molecule has 0 bridgehead atoms. The van der Waals surface area contributed by atoms with E-state index in [0.717, 1.165) is 0 Å². The van der Waals surface area contributed by atoms with Gasteiger partial charge in [-0.2, -0.15) is 0 Å². The van der Waals surface area contributed by atoms with Gasteiger partial charge in [-0.3, -0.25) is 4.79 Å². The second-order valence-corrected chi connectivity index (χ2v) is 4.71. The van der Waals surface area contributed by atoms with Crippen LogP contribution in [0.25, 0.3) is 0 Å². The molecule has 1 aromatic rings. The van der Waals surface area contributed by atoms with Gasteiger partial charge in [-0.1, -0.05) is 0 Å². The molecule has 6 nitrogen and oxygen atoms in total. The number of morpholine rings is 1. The Morgan fingerprint density at radius 2 is 2.15 bits per heavy atom. The molecule has 0 aliphatic carbocycles. The van der Waals surface area contributed by atoms with E-state index in [4.69, 9.17) is 19.9 Å². The Balaban J connectivity index is 2.37. The van der Waals surface area contributed by atoms with Gasteiger partial charge in [0, 0.05) is 12.6 Å². The van der Waals surface area contributed by atoms with Crippen LogP contribution in [-0.4, -0.2) is 50.8 Å². The van der Waals surface area contributed by atoms with Gasteiger partial charge in [0.1, 0.15) is 11.5 Å². The number of benzene rings is 1. The number of hydrogen-bond acceptors (Lipinski definition) is 5. The first-order chi connectivity index (χ1) is 9.58. The maximum absolute atomic E-state index is 12.6. The molecule has 0 aromatic heterocycles. The molecule has 1 heterocycles. The lowest BCUT2D eigenvalue weighted by Crippen LogP contribution is -2.47. The van der Waals surface area contributed by atoms with Gasteiger partial charge >= 0.3 is 0 Å². The highest BCUT2D eigenvalue weighted by atomic mass is 16.5. The van der Waals surface area contributed by atoms with E-state index in [0.29, 0.717) is 42.5 Å². The number of ether oxygens (including phenoxy) is 3. The summed E-state index contributed by atoms with van der Waals surface area (Å²) >= 11 is 0. The van der Waals surface area contributed by atoms with Gasteiger partial charge in [0.05, 0.1) is 44.7 Å². The van der Waals surface area contributed by atoms with E-state index < -0.39 is 0 Å². The lowest BCUT2D eigenvalue weighted by molar-refractivity contribution is 0.00362. The zero-order chi connectivity index (χ0) is 14.7. The minimum Gasteiger partial charge on any atom is -0.497 e. The molecule has 2 N–H and O–H groups in total. The van der Waals surface area contributed by atoms with Crippen LogP contribution in [-0.2, 0) is 4.74 Å². The largest absolute Gasteiger partial charge is 0.497 e. The molecule has 1 saturated heterocycles. The molecule has 1 aliphatic rings. The molecule has 0 radical (unpaired) electrons. The summed E-state index contributed by atoms with van der Waals surface area (Å²) in [5.41, 5.74) is 6.74. The van der Waals surface area contributed by atoms with Crippen LogP contribution in [0.2, 0.25) is 0 Å². The lowest BCUT2D eigenvalue weighted by Gasteiger charge is -2.33. The van der Waals surface area contributed by atoms with Gasteiger partial charge < -0.3 is 24.8 Å². The zero-order valence-corrected chi connectivity index (χ0v) is 12.0. The molecule has 2 rings (SSSR count). The summed E-state index contributed by atoms with van der Waals surface area (Å²) in [5, 5.41) is 0. The summed E-state index contributed by atoms with van der Waals surface area (Å²) in [6.45, 7) is 3.58. The van der Waals surface area contributed by atoms with Crippen molar-refractivity contribution in [2.75, 3.05) is 39.7 Å². The number of carbonyl (C=O) groups is 1. The van der Waals surface area contributed by atoms with E-state index in [2.05, 4.69) is 0 Å². The predicted molar refractivity (Wildman–Crippen MR) is 75.3 cm³/mol. The van der Waals surface area contributed by atoms with E-state index >= 15 is 0 Å². The minimum absolute atomic E-state index is 0.0212. The van der Waals surface area contributed by atoms with Crippen molar-refractivity contribution in [1.82, 2.24) is 4.90 Å². The molecule has 110 valence electrons. The highest BCUT2D eigenvalue weighted by Crippen LogP contribution is 2.32. The molecule has 1 atom stereocenters. The number of nitrogen functional groups attached to an aromatic ring is 1. The van der Waals surface area contributed by atoms with Gasteiger partial charge in [0.2, 0.25) is 0 Å². The summed E-state index contributed by atoms with van der Waals surface area (Å²) < 4.78 is 15.7. The monoisotopic (exact) mass is 280 g/mol. The summed E-state index contributed by atoms with van der Waals surface area (Å²) in [6.07, 6.45) is 0. The third-order valence-electron chi connectivity index (χ3n) is 3.43. The van der Waals surface area contributed by atoms with Crippen LogP contribution in [0, 0.1) is 0 Å². The molecular weight excluding hydrogens is 260 g/mol. The molecule has 6 heteroatoms. The second-order valence-electron chi connectivity index (χ2n) is 4.71. The lowest BCUT2D eigenvalue weighted by atomic mass is 10.1. The van der Waals surface area contributed by atoms with Crippen molar-refractivity contribution in [2.45, 2.75) is 13.0 Å². The Morgan fingerprint density at radius 3 is 2.75 bits per heavy atom. The third-order valence-corrected chi connectivity index (χ3v) is 3.43. The SMILES string of the molecule is COc1cc(OC)c(N)c(C(=O)N2CCOC[C@H]2C)c1. The fourth-order valence-corrected chi connectivity index (χ4v) is 2.25. The van der Waals surface area contributed by atoms with E-state index in [9.17, 15) is 4.79 Å². The topological polar surface area (TPSA) is 74.0 Å². The number of amides is 1. The Kier molecular flexibility index (Phi) is 4.34. The molecule has 1 aliphatic heterocycles. The van der Waals surface area contributed by atoms with Gasteiger partial charge in [-0.15, -0.1) is 0 Å². The molecule has 1 fully saturated rings. The normalized spacial score (nSPS) is 18.8. The van der Waals surface area contributed by atoms with Crippen molar-refractivity contribution >= 4 is 11.6 Å². The molecule has 0 saturated carbocycles. The Labute approximate surface area is 118 Å². The van der Waals surface area contributed by atoms with Crippen LogP contribution >= 0.6 is 0 Å². The van der Waals surface area contributed by atoms with E-state index in [1.807, 2.05) is 6.92 Å². The second kappa shape index (κ2) is 6.00. The van der Waals surface area contributed by atoms with Crippen LogP contribution in [0.5, 0.6) is 11.5 Å². The number of carbonyl (C=O) groups excluding carboxylic acids is 1. The summed E-state index contributed by atoms with van der Waals surface area (Å²) in [6, 6.07) is 3.32. The molecule has 0 spiro atoms. The quantitative estimate of drug-likeness (QED) is 0.841. The number of nitrogens with two attached hydrogens (primary N) is 1. The molecule has 1 aromatic carbocycles. The Hall–Kier alpha value is -1.95. The van der Waals surface area contributed by atoms with Crippen LogP contribution in [0.3, 0.4) is 0 Å². The predicted octanol–water partition coefficient (Wildman–Crippen LogP) is 1.15. The van der Waals surface area contributed by atoms with Crippen LogP contribution in [0.15, 0.2) is 12.1 Å². The molecule has 1 amide bonds.